The molecule has 6 heteroatoms. The number of carbonyl (C=O) groups excluding carboxylic acids is 1. The molecule has 120 valence electrons. The van der Waals surface area contributed by atoms with Crippen molar-refractivity contribution >= 4 is 16.9 Å². The molecule has 0 bridgehead atoms. The lowest BCUT2D eigenvalue weighted by Crippen LogP contribution is -2.29. The highest BCUT2D eigenvalue weighted by molar-refractivity contribution is 5.77. The molecule has 22 heavy (non-hydrogen) atoms. The Hall–Kier alpha value is -1.95. The summed E-state index contributed by atoms with van der Waals surface area (Å²) in [6.45, 7) is 4.26. The molecule has 5 nitrogen and oxygen atoms in total. The molecule has 1 amide bonds. The van der Waals surface area contributed by atoms with Crippen LogP contribution in [0.15, 0.2) is 18.2 Å². The molecule has 1 heterocycles. The van der Waals surface area contributed by atoms with E-state index in [1.54, 1.807) is 19.1 Å². The first-order valence-corrected chi connectivity index (χ1v) is 7.53. The highest BCUT2D eigenvalue weighted by atomic mass is 19.1. The smallest absolute Gasteiger partial charge is 0.220 e. The predicted octanol–water partition coefficient (Wildman–Crippen LogP) is 2.16. The van der Waals surface area contributed by atoms with E-state index < -0.39 is 0 Å². The second-order valence-corrected chi connectivity index (χ2v) is 5.81. The number of carbonyl (C=O) groups is 1. The Morgan fingerprint density at radius 3 is 2.91 bits per heavy atom. The number of aromatic amines is 1. The van der Waals surface area contributed by atoms with Gasteiger partial charge in [0.25, 0.3) is 0 Å². The van der Waals surface area contributed by atoms with Crippen molar-refractivity contribution < 1.29 is 14.3 Å². The average molecular weight is 307 g/mol. The number of hydrogen-bond acceptors (Lipinski definition) is 3. The molecule has 0 aliphatic carbocycles. The van der Waals surface area contributed by atoms with Gasteiger partial charge in [-0.2, -0.15) is 0 Å². The summed E-state index contributed by atoms with van der Waals surface area (Å²) >= 11 is 0. The molecule has 0 spiro atoms. The number of aryl methyl sites for hydroxylation is 1. The second-order valence-electron chi connectivity index (χ2n) is 5.81. The molecular weight excluding hydrogens is 285 g/mol. The van der Waals surface area contributed by atoms with Crippen LogP contribution < -0.4 is 5.32 Å². The van der Waals surface area contributed by atoms with Crippen molar-refractivity contribution in [1.29, 1.82) is 0 Å². The minimum Gasteiger partial charge on any atom is -0.393 e. The molecule has 0 fully saturated rings. The van der Waals surface area contributed by atoms with Crippen molar-refractivity contribution in [2.75, 3.05) is 6.54 Å². The van der Waals surface area contributed by atoms with Crippen LogP contribution >= 0.6 is 0 Å². The van der Waals surface area contributed by atoms with Gasteiger partial charge in [-0.1, -0.05) is 13.0 Å². The molecule has 2 aromatic rings. The Labute approximate surface area is 128 Å². The van der Waals surface area contributed by atoms with Gasteiger partial charge in [0.2, 0.25) is 5.91 Å². The van der Waals surface area contributed by atoms with Crippen molar-refractivity contribution in [1.82, 2.24) is 15.3 Å². The highest BCUT2D eigenvalue weighted by Gasteiger charge is 2.11. The number of aliphatic hydroxyl groups excluding tert-OH is 1. The first-order chi connectivity index (χ1) is 10.5. The first-order valence-electron chi connectivity index (χ1n) is 7.53. The largest absolute Gasteiger partial charge is 0.393 e. The van der Waals surface area contributed by atoms with E-state index in [-0.39, 0.29) is 23.7 Å². The van der Waals surface area contributed by atoms with Crippen molar-refractivity contribution in [2.45, 2.75) is 39.2 Å². The molecule has 3 N–H and O–H groups in total. The van der Waals surface area contributed by atoms with E-state index in [9.17, 15) is 14.3 Å². The van der Waals surface area contributed by atoms with Crippen LogP contribution in [0.2, 0.25) is 0 Å². The number of amides is 1. The number of H-pyrrole nitrogens is 1. The van der Waals surface area contributed by atoms with Crippen molar-refractivity contribution in [2.24, 2.45) is 5.92 Å². The molecule has 1 aromatic carbocycles. The van der Waals surface area contributed by atoms with E-state index in [4.69, 9.17) is 0 Å². The van der Waals surface area contributed by atoms with E-state index in [0.717, 1.165) is 0 Å². The lowest BCUT2D eigenvalue weighted by molar-refractivity contribution is -0.121. The maximum Gasteiger partial charge on any atom is 0.220 e. The van der Waals surface area contributed by atoms with Crippen LogP contribution in [0.25, 0.3) is 11.0 Å². The van der Waals surface area contributed by atoms with Gasteiger partial charge in [0.1, 0.15) is 11.3 Å². The lowest BCUT2D eigenvalue weighted by Gasteiger charge is -2.13. The zero-order valence-corrected chi connectivity index (χ0v) is 12.9. The molecule has 2 unspecified atom stereocenters. The molecule has 0 aliphatic rings. The first kappa shape index (κ1) is 16.4. The number of rotatable bonds is 7. The van der Waals surface area contributed by atoms with Gasteiger partial charge in [0, 0.05) is 19.4 Å². The fraction of sp³-hybridized carbons (Fsp3) is 0.500. The summed E-state index contributed by atoms with van der Waals surface area (Å²) in [6, 6.07) is 4.74. The summed E-state index contributed by atoms with van der Waals surface area (Å²) in [6.07, 6.45) is 1.02. The Morgan fingerprint density at radius 2 is 2.23 bits per heavy atom. The number of hydrogen-bond donors (Lipinski definition) is 3. The molecule has 0 radical (unpaired) electrons. The monoisotopic (exact) mass is 307 g/mol. The summed E-state index contributed by atoms with van der Waals surface area (Å²) in [5, 5.41) is 12.1. The van der Waals surface area contributed by atoms with Crippen molar-refractivity contribution in [3.8, 4) is 0 Å². The minimum absolute atomic E-state index is 0.0710. The van der Waals surface area contributed by atoms with Gasteiger partial charge in [0.05, 0.1) is 11.6 Å². The molecule has 0 saturated heterocycles. The number of benzene rings is 1. The normalized spacial score (nSPS) is 14.0. The summed E-state index contributed by atoms with van der Waals surface area (Å²) in [5.41, 5.74) is 0.949. The van der Waals surface area contributed by atoms with Crippen LogP contribution in [0.3, 0.4) is 0 Å². The molecule has 1 aromatic heterocycles. The minimum atomic E-state index is -0.364. The fourth-order valence-electron chi connectivity index (χ4n) is 2.44. The predicted molar refractivity (Wildman–Crippen MR) is 82.8 cm³/mol. The third-order valence-electron chi connectivity index (χ3n) is 3.49. The maximum atomic E-state index is 13.5. The van der Waals surface area contributed by atoms with Gasteiger partial charge in [0.15, 0.2) is 5.82 Å². The number of fused-ring (bicyclic) bond motifs is 1. The Balaban J connectivity index is 1.81. The Morgan fingerprint density at radius 1 is 1.45 bits per heavy atom. The van der Waals surface area contributed by atoms with Gasteiger partial charge < -0.3 is 15.4 Å². The molecule has 0 saturated carbocycles. The van der Waals surface area contributed by atoms with Crippen LogP contribution in [0.5, 0.6) is 0 Å². The van der Waals surface area contributed by atoms with E-state index in [1.165, 1.54) is 6.07 Å². The fourth-order valence-corrected chi connectivity index (χ4v) is 2.44. The highest BCUT2D eigenvalue weighted by Crippen LogP contribution is 2.15. The quantitative estimate of drug-likeness (QED) is 0.733. The molecule has 2 rings (SSSR count). The van der Waals surface area contributed by atoms with Gasteiger partial charge in [-0.25, -0.2) is 9.37 Å². The van der Waals surface area contributed by atoms with Crippen molar-refractivity contribution in [3.05, 3.63) is 29.8 Å². The summed E-state index contributed by atoms with van der Waals surface area (Å²) in [7, 11) is 0. The Kier molecular flexibility index (Phi) is 5.49. The van der Waals surface area contributed by atoms with Crippen LogP contribution in [0.1, 0.15) is 32.5 Å². The van der Waals surface area contributed by atoms with Crippen molar-refractivity contribution in [3.63, 3.8) is 0 Å². The average Bonchev–Trinajstić information content (AvgIpc) is 2.87. The topological polar surface area (TPSA) is 78.0 Å². The summed E-state index contributed by atoms with van der Waals surface area (Å²) in [5.74, 6) is 0.395. The van der Waals surface area contributed by atoms with Gasteiger partial charge >= 0.3 is 0 Å². The number of imidazole rings is 1. The third kappa shape index (κ3) is 4.53. The summed E-state index contributed by atoms with van der Waals surface area (Å²) in [4.78, 5) is 19.0. The van der Waals surface area contributed by atoms with Crippen LogP contribution in [-0.2, 0) is 11.2 Å². The third-order valence-corrected chi connectivity index (χ3v) is 3.49. The number of nitrogens with zero attached hydrogens (tertiary/aromatic N) is 1. The summed E-state index contributed by atoms with van der Waals surface area (Å²) < 4.78 is 13.5. The number of nitrogens with one attached hydrogen (secondary N) is 2. The lowest BCUT2D eigenvalue weighted by atomic mass is 10.0. The number of aliphatic hydroxyl groups is 1. The number of halogens is 1. The van der Waals surface area contributed by atoms with Crippen LogP contribution in [0.4, 0.5) is 4.39 Å². The van der Waals surface area contributed by atoms with E-state index in [0.29, 0.717) is 42.7 Å². The van der Waals surface area contributed by atoms with Gasteiger partial charge in [-0.15, -0.1) is 0 Å². The molecular formula is C16H22FN3O2. The molecule has 0 aliphatic heterocycles. The maximum absolute atomic E-state index is 13.5. The molecule has 2 atom stereocenters. The Bertz CT molecular complexity index is 639. The SMILES string of the molecule is CC(O)CC(C)CNC(=O)CCc1nc2c(F)cccc2[nH]1. The zero-order chi connectivity index (χ0) is 16.1. The number of para-hydroxylation sites is 1. The van der Waals surface area contributed by atoms with Crippen LogP contribution in [0, 0.1) is 11.7 Å². The van der Waals surface area contributed by atoms with Gasteiger partial charge in [-0.05, 0) is 31.4 Å². The van der Waals surface area contributed by atoms with E-state index in [1.807, 2.05) is 6.92 Å². The van der Waals surface area contributed by atoms with E-state index >= 15 is 0 Å². The standard InChI is InChI=1S/C16H22FN3O2/c1-10(8-11(2)21)9-18-15(22)7-6-14-19-13-5-3-4-12(17)16(13)20-14/h3-5,10-11,21H,6-9H2,1-2H3,(H,18,22)(H,19,20). The van der Waals surface area contributed by atoms with E-state index in [2.05, 4.69) is 15.3 Å². The van der Waals surface area contributed by atoms with Crippen LogP contribution in [-0.4, -0.2) is 33.6 Å². The van der Waals surface area contributed by atoms with Gasteiger partial charge in [-0.3, -0.25) is 4.79 Å². The second kappa shape index (κ2) is 7.35. The number of aromatic nitrogens is 2. The zero-order valence-electron chi connectivity index (χ0n) is 12.9.